The van der Waals surface area contributed by atoms with E-state index in [9.17, 15) is 5.11 Å². The number of aromatic nitrogens is 4. The smallest absolute Gasteiger partial charge is 0.211 e. The van der Waals surface area contributed by atoms with E-state index < -0.39 is 6.10 Å². The van der Waals surface area contributed by atoms with Crippen molar-refractivity contribution >= 4 is 22.5 Å². The zero-order valence-electron chi connectivity index (χ0n) is 18.3. The summed E-state index contributed by atoms with van der Waals surface area (Å²) in [6.07, 6.45) is 0.359. The first-order valence-corrected chi connectivity index (χ1v) is 11.8. The average molecular weight is 467 g/mol. The Morgan fingerprint density at radius 2 is 1.76 bits per heavy atom. The molecule has 3 aromatic carbocycles. The van der Waals surface area contributed by atoms with Crippen molar-refractivity contribution in [2.45, 2.75) is 19.1 Å². The number of methoxy groups -OCH3 is 1. The average Bonchev–Trinajstić information content (AvgIpc) is 3.38. The highest BCUT2D eigenvalue weighted by atomic mass is 32.2. The van der Waals surface area contributed by atoms with Gasteiger partial charge in [-0.05, 0) is 53.5 Å². The zero-order chi connectivity index (χ0) is 22.9. The first-order chi connectivity index (χ1) is 16.2. The molecule has 8 nitrogen and oxygen atoms in total. The molecule has 0 saturated heterocycles. The number of aryl methyl sites for hydroxylation is 1. The molecule has 0 aliphatic heterocycles. The van der Waals surface area contributed by atoms with Crippen molar-refractivity contribution in [1.82, 2.24) is 20.6 Å². The summed E-state index contributed by atoms with van der Waals surface area (Å²) >= 11 is 1.71. The van der Waals surface area contributed by atoms with Crippen LogP contribution in [0.1, 0.15) is 11.4 Å². The normalized spacial score (nSPS) is 11.9. The third kappa shape index (κ3) is 6.36. The topological polar surface area (TPSA) is 102 Å². The molecule has 1 unspecified atom stereocenters. The van der Waals surface area contributed by atoms with E-state index in [1.165, 1.54) is 5.56 Å². The lowest BCUT2D eigenvalue weighted by Crippen LogP contribution is -2.20. The maximum absolute atomic E-state index is 10.3. The number of rotatable bonds is 12. The largest absolute Gasteiger partial charge is 0.497 e. The minimum Gasteiger partial charge on any atom is -0.497 e. The molecule has 0 saturated carbocycles. The molecular formula is C24H26N4O4S. The van der Waals surface area contributed by atoms with E-state index >= 15 is 0 Å². The molecule has 0 radical (unpaired) electrons. The number of aliphatic hydroxyl groups excluding tert-OH is 1. The zero-order valence-corrected chi connectivity index (χ0v) is 19.1. The summed E-state index contributed by atoms with van der Waals surface area (Å²) in [4.78, 5) is 0. The van der Waals surface area contributed by atoms with Gasteiger partial charge < -0.3 is 19.3 Å². The van der Waals surface area contributed by atoms with Crippen molar-refractivity contribution < 1.29 is 19.3 Å². The number of tetrazole rings is 1. The molecule has 9 heteroatoms. The Kier molecular flexibility index (Phi) is 7.99. The second-order valence-corrected chi connectivity index (χ2v) is 8.50. The van der Waals surface area contributed by atoms with Crippen LogP contribution in [0.3, 0.4) is 0 Å². The number of ether oxygens (including phenoxy) is 3. The standard InChI is InChI=1S/C24H26N4O4S/c1-30-19-8-10-20(11-9-19)31-14-18(29)16-33-13-12-17-4-2-6-22-21(17)5-3-7-23(22)32-15-24-25-27-28-26-24/h2-11,18,29H,12-16H2,1H3,(H,25,26,27,28). The van der Waals surface area contributed by atoms with Crippen LogP contribution >= 0.6 is 11.8 Å². The summed E-state index contributed by atoms with van der Waals surface area (Å²) in [7, 11) is 1.63. The van der Waals surface area contributed by atoms with Crippen LogP contribution in [0.4, 0.5) is 0 Å². The molecule has 0 fully saturated rings. The van der Waals surface area contributed by atoms with Crippen molar-refractivity contribution in [3.05, 3.63) is 72.1 Å². The number of nitrogens with one attached hydrogen (secondary N) is 1. The number of H-pyrrole nitrogens is 1. The first kappa shape index (κ1) is 22.9. The molecule has 172 valence electrons. The van der Waals surface area contributed by atoms with E-state index in [-0.39, 0.29) is 13.2 Å². The summed E-state index contributed by atoms with van der Waals surface area (Å²) in [5.74, 6) is 4.30. The van der Waals surface area contributed by atoms with Gasteiger partial charge in [0.25, 0.3) is 0 Å². The third-order valence-corrected chi connectivity index (χ3v) is 6.16. The van der Waals surface area contributed by atoms with Crippen LogP contribution in [0, 0.1) is 0 Å². The van der Waals surface area contributed by atoms with Gasteiger partial charge in [0.2, 0.25) is 5.82 Å². The van der Waals surface area contributed by atoms with Crippen LogP contribution < -0.4 is 14.2 Å². The van der Waals surface area contributed by atoms with Crippen molar-refractivity contribution in [3.63, 3.8) is 0 Å². The lowest BCUT2D eigenvalue weighted by molar-refractivity contribution is 0.126. The first-order valence-electron chi connectivity index (χ1n) is 10.6. The van der Waals surface area contributed by atoms with E-state index in [1.807, 2.05) is 42.5 Å². The second-order valence-electron chi connectivity index (χ2n) is 7.35. The van der Waals surface area contributed by atoms with E-state index in [1.54, 1.807) is 18.9 Å². The number of fused-ring (bicyclic) bond motifs is 1. The van der Waals surface area contributed by atoms with Gasteiger partial charge in [-0.25, -0.2) is 0 Å². The molecule has 4 rings (SSSR count). The molecule has 0 aliphatic carbocycles. The fourth-order valence-electron chi connectivity index (χ4n) is 3.39. The molecule has 33 heavy (non-hydrogen) atoms. The number of benzene rings is 3. The molecule has 0 amide bonds. The third-order valence-electron chi connectivity index (χ3n) is 5.05. The number of nitrogens with zero attached hydrogens (tertiary/aromatic N) is 3. The molecule has 4 aromatic rings. The second kappa shape index (κ2) is 11.5. The van der Waals surface area contributed by atoms with Gasteiger partial charge >= 0.3 is 0 Å². The molecule has 0 bridgehead atoms. The predicted molar refractivity (Wildman–Crippen MR) is 128 cm³/mol. The minimum absolute atomic E-state index is 0.256. The Balaban J connectivity index is 1.26. The monoisotopic (exact) mass is 466 g/mol. The van der Waals surface area contributed by atoms with Gasteiger partial charge in [-0.3, -0.25) is 0 Å². The SMILES string of the molecule is COc1ccc(OCC(O)CSCCc2cccc3c(OCc4nn[nH]n4)cccc23)cc1. The fourth-order valence-corrected chi connectivity index (χ4v) is 4.29. The van der Waals surface area contributed by atoms with Crippen LogP contribution in [0.2, 0.25) is 0 Å². The highest BCUT2D eigenvalue weighted by Gasteiger charge is 2.09. The lowest BCUT2D eigenvalue weighted by atomic mass is 10.0. The maximum atomic E-state index is 10.3. The molecule has 0 aliphatic rings. The highest BCUT2D eigenvalue weighted by Crippen LogP contribution is 2.29. The van der Waals surface area contributed by atoms with Crippen molar-refractivity contribution in [1.29, 1.82) is 0 Å². The molecular weight excluding hydrogens is 440 g/mol. The summed E-state index contributed by atoms with van der Waals surface area (Å²) in [5, 5.41) is 26.3. The Morgan fingerprint density at radius 3 is 2.55 bits per heavy atom. The van der Waals surface area contributed by atoms with Gasteiger partial charge in [-0.1, -0.05) is 35.5 Å². The predicted octanol–water partition coefficient (Wildman–Crippen LogP) is 3.66. The highest BCUT2D eigenvalue weighted by molar-refractivity contribution is 7.99. The van der Waals surface area contributed by atoms with Crippen LogP contribution in [-0.2, 0) is 13.0 Å². The minimum atomic E-state index is -0.533. The summed E-state index contributed by atoms with van der Waals surface area (Å²) in [5.41, 5.74) is 1.24. The van der Waals surface area contributed by atoms with E-state index in [2.05, 4.69) is 38.8 Å². The van der Waals surface area contributed by atoms with Crippen molar-refractivity contribution in [3.8, 4) is 17.2 Å². The van der Waals surface area contributed by atoms with Crippen LogP contribution in [0.25, 0.3) is 10.8 Å². The van der Waals surface area contributed by atoms with Gasteiger partial charge in [0, 0.05) is 11.1 Å². The van der Waals surface area contributed by atoms with Gasteiger partial charge in [0.1, 0.15) is 23.9 Å². The lowest BCUT2D eigenvalue weighted by Gasteiger charge is -2.13. The van der Waals surface area contributed by atoms with Gasteiger partial charge in [-0.2, -0.15) is 17.0 Å². The van der Waals surface area contributed by atoms with Crippen LogP contribution in [0.15, 0.2) is 60.7 Å². The number of aromatic amines is 1. The van der Waals surface area contributed by atoms with E-state index in [4.69, 9.17) is 14.2 Å². The summed E-state index contributed by atoms with van der Waals surface area (Å²) < 4.78 is 16.7. The van der Waals surface area contributed by atoms with Crippen LogP contribution in [-0.4, -0.2) is 57.1 Å². The van der Waals surface area contributed by atoms with Crippen molar-refractivity contribution in [2.75, 3.05) is 25.2 Å². The molecule has 2 N–H and O–H groups in total. The van der Waals surface area contributed by atoms with Crippen molar-refractivity contribution in [2.24, 2.45) is 0 Å². The number of aliphatic hydroxyl groups is 1. The summed E-state index contributed by atoms with van der Waals surface area (Å²) in [6, 6.07) is 19.6. The molecule has 0 spiro atoms. The van der Waals surface area contributed by atoms with Gasteiger partial charge in [0.15, 0.2) is 6.61 Å². The molecule has 1 aromatic heterocycles. The van der Waals surface area contributed by atoms with Gasteiger partial charge in [0.05, 0.1) is 13.2 Å². The maximum Gasteiger partial charge on any atom is 0.211 e. The van der Waals surface area contributed by atoms with E-state index in [0.717, 1.165) is 34.4 Å². The quantitative estimate of drug-likeness (QED) is 0.305. The Hall–Kier alpha value is -3.30. The van der Waals surface area contributed by atoms with E-state index in [0.29, 0.717) is 17.3 Å². The Morgan fingerprint density at radius 1 is 0.970 bits per heavy atom. The fraction of sp³-hybridized carbons (Fsp3) is 0.292. The summed E-state index contributed by atoms with van der Waals surface area (Å²) in [6.45, 7) is 0.515. The van der Waals surface area contributed by atoms with Crippen LogP contribution in [0.5, 0.6) is 17.2 Å². The van der Waals surface area contributed by atoms with Gasteiger partial charge in [-0.15, -0.1) is 10.2 Å². The molecule has 1 atom stereocenters. The number of thioether (sulfide) groups is 1. The molecule has 1 heterocycles. The number of hydrogen-bond acceptors (Lipinski definition) is 8. The Bertz CT molecular complexity index is 1140. The Labute approximate surface area is 196 Å². The number of hydrogen-bond donors (Lipinski definition) is 2.